The fourth-order valence-corrected chi connectivity index (χ4v) is 3.78. The number of carbonyl (C=O) groups is 1. The second-order valence-electron chi connectivity index (χ2n) is 7.54. The largest absolute Gasteiger partial charge is 0.491 e. The van der Waals surface area contributed by atoms with Gasteiger partial charge in [-0.3, -0.25) is 4.79 Å². The first-order valence-electron chi connectivity index (χ1n) is 9.94. The Morgan fingerprint density at radius 2 is 1.93 bits per heavy atom. The molecule has 1 heterocycles. The number of aliphatic hydroxyl groups is 1. The molecule has 29 heavy (non-hydrogen) atoms. The molecule has 3 rings (SSSR count). The van der Waals surface area contributed by atoms with Gasteiger partial charge in [0.05, 0.1) is 26.2 Å². The summed E-state index contributed by atoms with van der Waals surface area (Å²) in [5, 5.41) is 13.8. The molecule has 2 aromatic rings. The first-order valence-corrected chi connectivity index (χ1v) is 10.3. The maximum Gasteiger partial charge on any atom is 0.221 e. The Balaban J connectivity index is 1.42. The summed E-state index contributed by atoms with van der Waals surface area (Å²) >= 11 is 6.15. The lowest BCUT2D eigenvalue weighted by molar-refractivity contribution is -0.903. The molecule has 1 atom stereocenters. The molecule has 1 saturated heterocycles. The van der Waals surface area contributed by atoms with Crippen LogP contribution >= 0.6 is 11.6 Å². The Hall–Kier alpha value is -2.28. The van der Waals surface area contributed by atoms with Gasteiger partial charge in [-0.15, -0.1) is 0 Å². The molecular formula is C22H29ClN3O3+. The van der Waals surface area contributed by atoms with E-state index in [1.54, 1.807) is 24.3 Å². The summed E-state index contributed by atoms with van der Waals surface area (Å²) in [6, 6.07) is 13.2. The Labute approximate surface area is 177 Å². The number of nitrogens with zero attached hydrogens (tertiary/aromatic N) is 1. The van der Waals surface area contributed by atoms with E-state index in [-0.39, 0.29) is 12.5 Å². The Morgan fingerprint density at radius 3 is 2.59 bits per heavy atom. The van der Waals surface area contributed by atoms with Gasteiger partial charge in [0.2, 0.25) is 5.91 Å². The number of ether oxygens (including phenoxy) is 1. The first-order chi connectivity index (χ1) is 13.9. The number of halogens is 1. The number of anilines is 2. The van der Waals surface area contributed by atoms with Gasteiger partial charge in [0.25, 0.3) is 0 Å². The zero-order valence-electron chi connectivity index (χ0n) is 17.0. The average Bonchev–Trinajstić information content (AvgIpc) is 2.69. The van der Waals surface area contributed by atoms with Gasteiger partial charge in [-0.2, -0.15) is 0 Å². The van der Waals surface area contributed by atoms with Crippen molar-refractivity contribution in [2.24, 2.45) is 0 Å². The quantitative estimate of drug-likeness (QED) is 0.641. The number of aliphatic hydroxyl groups excluding tert-OH is 1. The molecule has 0 aliphatic carbocycles. The van der Waals surface area contributed by atoms with Crippen molar-refractivity contribution >= 4 is 28.9 Å². The number of nitrogens with one attached hydrogen (secondary N) is 2. The molecule has 1 amide bonds. The molecule has 1 aliphatic rings. The van der Waals surface area contributed by atoms with Crippen molar-refractivity contribution in [1.82, 2.24) is 0 Å². The number of hydrogen-bond acceptors (Lipinski definition) is 4. The third-order valence-corrected chi connectivity index (χ3v) is 5.36. The van der Waals surface area contributed by atoms with Crippen molar-refractivity contribution in [2.45, 2.75) is 20.0 Å². The molecule has 3 N–H and O–H groups in total. The fourth-order valence-electron chi connectivity index (χ4n) is 3.61. The van der Waals surface area contributed by atoms with Gasteiger partial charge < -0.3 is 25.0 Å². The van der Waals surface area contributed by atoms with Crippen LogP contribution in [0.3, 0.4) is 0 Å². The number of piperazine rings is 1. The van der Waals surface area contributed by atoms with Crippen LogP contribution in [0.1, 0.15) is 12.5 Å². The van der Waals surface area contributed by atoms with Crippen molar-refractivity contribution in [3.63, 3.8) is 0 Å². The standard InChI is InChI=1S/C22H28ClN3O3/c1-16-3-4-18(23)13-22(16)26-11-9-25(10-12-26)14-20(28)15-29-21-7-5-19(6-8-21)24-17(2)27/h3-8,13,20,28H,9-12,14-15H2,1-2H3,(H,24,27)/p+1/t20-/m0/s1. The summed E-state index contributed by atoms with van der Waals surface area (Å²) in [5.41, 5.74) is 3.15. The molecule has 1 aliphatic heterocycles. The van der Waals surface area contributed by atoms with Crippen LogP contribution in [0.25, 0.3) is 0 Å². The van der Waals surface area contributed by atoms with Gasteiger partial charge in [0.15, 0.2) is 0 Å². The maximum atomic E-state index is 11.0. The highest BCUT2D eigenvalue weighted by Gasteiger charge is 2.23. The van der Waals surface area contributed by atoms with E-state index in [2.05, 4.69) is 23.2 Å². The molecule has 1 fully saturated rings. The number of amides is 1. The molecule has 0 bridgehead atoms. The SMILES string of the molecule is CC(=O)Nc1ccc(OC[C@@H](O)C[NH+]2CCN(c3cc(Cl)ccc3C)CC2)cc1. The Bertz CT molecular complexity index is 821. The van der Waals surface area contributed by atoms with Gasteiger partial charge in [-0.1, -0.05) is 17.7 Å². The van der Waals surface area contributed by atoms with Gasteiger partial charge in [0, 0.05) is 23.3 Å². The third kappa shape index (κ3) is 6.35. The number of benzene rings is 2. The highest BCUT2D eigenvalue weighted by Crippen LogP contribution is 2.24. The summed E-state index contributed by atoms with van der Waals surface area (Å²) in [6.07, 6.45) is -0.528. The molecule has 6 nitrogen and oxygen atoms in total. The predicted molar refractivity (Wildman–Crippen MR) is 116 cm³/mol. The molecule has 0 saturated carbocycles. The van der Waals surface area contributed by atoms with Crippen LogP contribution in [0.2, 0.25) is 5.02 Å². The van der Waals surface area contributed by atoms with Crippen molar-refractivity contribution in [3.8, 4) is 5.75 Å². The number of quaternary nitrogens is 1. The molecular weight excluding hydrogens is 390 g/mol. The number of aryl methyl sites for hydroxylation is 1. The van der Waals surface area contributed by atoms with Gasteiger partial charge in [-0.25, -0.2) is 0 Å². The first kappa shape index (κ1) is 21.4. The molecule has 2 aromatic carbocycles. The van der Waals surface area contributed by atoms with E-state index < -0.39 is 6.10 Å². The van der Waals surface area contributed by atoms with E-state index in [0.29, 0.717) is 12.3 Å². The van der Waals surface area contributed by atoms with Crippen LogP contribution in [-0.4, -0.2) is 56.4 Å². The van der Waals surface area contributed by atoms with Gasteiger partial charge in [-0.05, 0) is 48.9 Å². The van der Waals surface area contributed by atoms with Gasteiger partial charge >= 0.3 is 0 Å². The zero-order valence-corrected chi connectivity index (χ0v) is 17.7. The summed E-state index contributed by atoms with van der Waals surface area (Å²) in [7, 11) is 0. The Morgan fingerprint density at radius 1 is 1.24 bits per heavy atom. The van der Waals surface area contributed by atoms with Crippen molar-refractivity contribution in [2.75, 3.05) is 49.5 Å². The zero-order chi connectivity index (χ0) is 20.8. The number of carbonyl (C=O) groups excluding carboxylic acids is 1. The van der Waals surface area contributed by atoms with Crippen molar-refractivity contribution in [1.29, 1.82) is 0 Å². The average molecular weight is 419 g/mol. The monoisotopic (exact) mass is 418 g/mol. The number of rotatable bonds is 7. The van der Waals surface area contributed by atoms with Crippen LogP contribution in [0.4, 0.5) is 11.4 Å². The third-order valence-electron chi connectivity index (χ3n) is 5.12. The van der Waals surface area contributed by atoms with E-state index in [0.717, 1.165) is 36.9 Å². The lowest BCUT2D eigenvalue weighted by Gasteiger charge is -2.35. The molecule has 7 heteroatoms. The normalized spacial score (nSPS) is 15.8. The summed E-state index contributed by atoms with van der Waals surface area (Å²) < 4.78 is 5.69. The van der Waals surface area contributed by atoms with Crippen LogP contribution in [0.5, 0.6) is 5.75 Å². The maximum absolute atomic E-state index is 11.0. The second-order valence-corrected chi connectivity index (χ2v) is 7.98. The van der Waals surface area contributed by atoms with E-state index in [1.807, 2.05) is 12.1 Å². The van der Waals surface area contributed by atoms with E-state index in [9.17, 15) is 9.90 Å². The Kier molecular flexibility index (Phi) is 7.36. The smallest absolute Gasteiger partial charge is 0.221 e. The molecule has 0 radical (unpaired) electrons. The summed E-state index contributed by atoms with van der Waals surface area (Å²) in [5.74, 6) is 0.567. The predicted octanol–water partition coefficient (Wildman–Crippen LogP) is 1.75. The highest BCUT2D eigenvalue weighted by atomic mass is 35.5. The molecule has 0 unspecified atom stereocenters. The minimum absolute atomic E-state index is 0.109. The van der Waals surface area contributed by atoms with E-state index in [4.69, 9.17) is 16.3 Å². The molecule has 0 spiro atoms. The lowest BCUT2D eigenvalue weighted by atomic mass is 10.1. The minimum Gasteiger partial charge on any atom is -0.491 e. The van der Waals surface area contributed by atoms with E-state index in [1.165, 1.54) is 23.1 Å². The fraction of sp³-hybridized carbons (Fsp3) is 0.409. The van der Waals surface area contributed by atoms with Crippen LogP contribution < -0.4 is 19.9 Å². The summed E-state index contributed by atoms with van der Waals surface area (Å²) in [4.78, 5) is 14.8. The lowest BCUT2D eigenvalue weighted by Crippen LogP contribution is -3.16. The number of hydrogen-bond donors (Lipinski definition) is 3. The minimum atomic E-state index is -0.528. The second kappa shape index (κ2) is 9.96. The van der Waals surface area contributed by atoms with Crippen molar-refractivity contribution in [3.05, 3.63) is 53.1 Å². The van der Waals surface area contributed by atoms with Crippen LogP contribution in [0, 0.1) is 6.92 Å². The molecule has 0 aromatic heterocycles. The van der Waals surface area contributed by atoms with Crippen molar-refractivity contribution < 1.29 is 19.5 Å². The topological polar surface area (TPSA) is 66.2 Å². The van der Waals surface area contributed by atoms with E-state index >= 15 is 0 Å². The van der Waals surface area contributed by atoms with Gasteiger partial charge in [0.1, 0.15) is 25.0 Å². The highest BCUT2D eigenvalue weighted by molar-refractivity contribution is 6.30. The molecule has 156 valence electrons. The van der Waals surface area contributed by atoms with Crippen LogP contribution in [-0.2, 0) is 4.79 Å². The summed E-state index contributed by atoms with van der Waals surface area (Å²) in [6.45, 7) is 8.30. The van der Waals surface area contributed by atoms with Crippen LogP contribution in [0.15, 0.2) is 42.5 Å².